The van der Waals surface area contributed by atoms with E-state index in [2.05, 4.69) is 78.8 Å². The first kappa shape index (κ1) is 26.2. The number of benzene rings is 3. The molecule has 38 heavy (non-hydrogen) atoms. The molecule has 0 radical (unpaired) electrons. The second-order valence-corrected chi connectivity index (χ2v) is 11.4. The fourth-order valence-electron chi connectivity index (χ4n) is 4.76. The van der Waals surface area contributed by atoms with Gasteiger partial charge < -0.3 is 14.5 Å². The zero-order valence-electron chi connectivity index (χ0n) is 22.0. The lowest BCUT2D eigenvalue weighted by atomic mass is 9.91. The van der Waals surface area contributed by atoms with Gasteiger partial charge in [0.25, 0.3) is 0 Å². The van der Waals surface area contributed by atoms with Gasteiger partial charge >= 0.3 is 0 Å². The molecule has 0 saturated heterocycles. The highest BCUT2D eigenvalue weighted by molar-refractivity contribution is 14.1. The Morgan fingerprint density at radius 3 is 2.32 bits per heavy atom. The van der Waals surface area contributed by atoms with Gasteiger partial charge in [-0.2, -0.15) is 0 Å². The number of hydrogen-bond acceptors (Lipinski definition) is 5. The lowest BCUT2D eigenvalue weighted by molar-refractivity contribution is 0.0958. The maximum atomic E-state index is 13.7. The summed E-state index contributed by atoms with van der Waals surface area (Å²) in [5, 5.41) is 3.52. The molecule has 2 heterocycles. The Bertz CT molecular complexity index is 1460. The standard InChI is InChI=1S/C32H31IN2O3/c1-19(2)24-9-7-10-25(20(3)4)30(24)34-18-27-29(38-28-11-6-5-8-26(28)31(27)36)16-23-17-35-32(37-23)21-12-14-22(33)15-13-21/h5-15,17-20,29,34H,16H2,1-4H3/b27-18-. The normalized spacial score (nSPS) is 16.1. The average Bonchev–Trinajstić information content (AvgIpc) is 3.37. The molecular formula is C32H31IN2O3. The van der Waals surface area contributed by atoms with Crippen LogP contribution in [0.2, 0.25) is 0 Å². The van der Waals surface area contributed by atoms with E-state index in [1.165, 1.54) is 11.1 Å². The van der Waals surface area contributed by atoms with Crippen molar-refractivity contribution in [3.05, 3.63) is 111 Å². The number of aromatic nitrogens is 1. The van der Waals surface area contributed by atoms with Crippen LogP contribution in [0.5, 0.6) is 5.75 Å². The van der Waals surface area contributed by atoms with Crippen molar-refractivity contribution in [3.63, 3.8) is 0 Å². The number of carbonyl (C=O) groups excluding carboxylic acids is 1. The van der Waals surface area contributed by atoms with Crippen LogP contribution >= 0.6 is 22.6 Å². The number of anilines is 1. The van der Waals surface area contributed by atoms with E-state index in [0.717, 1.165) is 14.8 Å². The van der Waals surface area contributed by atoms with Gasteiger partial charge in [0.05, 0.1) is 17.3 Å². The summed E-state index contributed by atoms with van der Waals surface area (Å²) in [4.78, 5) is 18.2. The summed E-state index contributed by atoms with van der Waals surface area (Å²) in [6.45, 7) is 8.73. The van der Waals surface area contributed by atoms with Gasteiger partial charge in [0.15, 0.2) is 5.78 Å². The number of para-hydroxylation sites is 2. The zero-order chi connectivity index (χ0) is 26.8. The first-order valence-corrected chi connectivity index (χ1v) is 14.0. The first-order chi connectivity index (χ1) is 18.3. The molecule has 0 fully saturated rings. The van der Waals surface area contributed by atoms with Gasteiger partial charge in [-0.1, -0.05) is 58.0 Å². The zero-order valence-corrected chi connectivity index (χ0v) is 24.2. The Balaban J connectivity index is 1.50. The van der Waals surface area contributed by atoms with E-state index in [0.29, 0.717) is 46.8 Å². The second-order valence-electron chi connectivity index (χ2n) is 10.1. The van der Waals surface area contributed by atoms with Gasteiger partial charge in [0.1, 0.15) is 17.6 Å². The van der Waals surface area contributed by atoms with Crippen molar-refractivity contribution in [2.75, 3.05) is 5.32 Å². The van der Waals surface area contributed by atoms with Crippen molar-refractivity contribution >= 4 is 34.1 Å². The number of halogens is 1. The van der Waals surface area contributed by atoms with E-state index in [1.807, 2.05) is 54.7 Å². The van der Waals surface area contributed by atoms with Crippen molar-refractivity contribution in [2.24, 2.45) is 0 Å². The Hall–Kier alpha value is -3.39. The Labute approximate surface area is 237 Å². The number of hydrogen-bond donors (Lipinski definition) is 1. The summed E-state index contributed by atoms with van der Waals surface area (Å²) in [7, 11) is 0. The number of ether oxygens (including phenoxy) is 1. The number of nitrogens with zero attached hydrogens (tertiary/aromatic N) is 1. The molecule has 5 nitrogen and oxygen atoms in total. The molecule has 0 bridgehead atoms. The molecule has 1 N–H and O–H groups in total. The molecule has 0 aliphatic carbocycles. The van der Waals surface area contributed by atoms with E-state index in [9.17, 15) is 4.79 Å². The third kappa shape index (κ3) is 5.41. The van der Waals surface area contributed by atoms with Gasteiger partial charge in [-0.3, -0.25) is 4.79 Å². The number of fused-ring (bicyclic) bond motifs is 1. The SMILES string of the molecule is CC(C)c1cccc(C(C)C)c1N/C=C1\C(=O)c2ccccc2OC1Cc1cnc(-c2ccc(I)cc2)o1. The summed E-state index contributed by atoms with van der Waals surface area (Å²) in [5.41, 5.74) is 5.51. The van der Waals surface area contributed by atoms with Gasteiger partial charge in [-0.15, -0.1) is 0 Å². The molecule has 0 amide bonds. The van der Waals surface area contributed by atoms with Crippen molar-refractivity contribution in [3.8, 4) is 17.2 Å². The molecule has 1 unspecified atom stereocenters. The molecule has 0 saturated carbocycles. The van der Waals surface area contributed by atoms with Gasteiger partial charge in [0, 0.05) is 27.4 Å². The minimum Gasteiger partial charge on any atom is -0.484 e. The molecule has 0 spiro atoms. The summed E-state index contributed by atoms with van der Waals surface area (Å²) in [5.74, 6) is 2.41. The second kappa shape index (κ2) is 11.2. The average molecular weight is 619 g/mol. The van der Waals surface area contributed by atoms with E-state index < -0.39 is 6.10 Å². The van der Waals surface area contributed by atoms with E-state index in [4.69, 9.17) is 9.15 Å². The van der Waals surface area contributed by atoms with Crippen molar-refractivity contribution in [1.29, 1.82) is 0 Å². The lowest BCUT2D eigenvalue weighted by Gasteiger charge is -2.28. The first-order valence-electron chi connectivity index (χ1n) is 12.9. The molecule has 5 rings (SSSR count). The Morgan fingerprint density at radius 2 is 1.63 bits per heavy atom. The van der Waals surface area contributed by atoms with Crippen LogP contribution in [0.25, 0.3) is 11.5 Å². The smallest absolute Gasteiger partial charge is 0.226 e. The van der Waals surface area contributed by atoms with E-state index in [1.54, 1.807) is 6.20 Å². The summed E-state index contributed by atoms with van der Waals surface area (Å²) in [6, 6.07) is 21.8. The molecule has 3 aromatic carbocycles. The predicted octanol–water partition coefficient (Wildman–Crippen LogP) is 8.38. The maximum Gasteiger partial charge on any atom is 0.226 e. The molecular weight excluding hydrogens is 587 g/mol. The number of ketones is 1. The number of carbonyl (C=O) groups is 1. The minimum absolute atomic E-state index is 0.0464. The number of rotatable bonds is 7. The summed E-state index contributed by atoms with van der Waals surface area (Å²) in [6.07, 6.45) is 3.41. The van der Waals surface area contributed by atoms with Gasteiger partial charge in [-0.05, 0) is 82.0 Å². The van der Waals surface area contributed by atoms with Crippen LogP contribution in [0.4, 0.5) is 5.69 Å². The fraction of sp³-hybridized carbons (Fsp3) is 0.250. The van der Waals surface area contributed by atoms with Crippen LogP contribution in [0, 0.1) is 3.57 Å². The van der Waals surface area contributed by atoms with Crippen molar-refractivity contribution in [1.82, 2.24) is 4.98 Å². The lowest BCUT2D eigenvalue weighted by Crippen LogP contribution is -2.32. The number of oxazole rings is 1. The summed E-state index contributed by atoms with van der Waals surface area (Å²) < 4.78 is 13.6. The molecule has 1 aliphatic rings. The van der Waals surface area contributed by atoms with Crippen LogP contribution in [0.3, 0.4) is 0 Å². The third-order valence-corrected chi connectivity index (χ3v) is 7.51. The van der Waals surface area contributed by atoms with Crippen molar-refractivity contribution in [2.45, 2.75) is 52.1 Å². The quantitative estimate of drug-likeness (QED) is 0.167. The van der Waals surface area contributed by atoms with Gasteiger partial charge in [-0.25, -0.2) is 4.98 Å². The van der Waals surface area contributed by atoms with Crippen LogP contribution in [-0.4, -0.2) is 16.9 Å². The maximum absolute atomic E-state index is 13.7. The highest BCUT2D eigenvalue weighted by Crippen LogP contribution is 2.35. The summed E-state index contributed by atoms with van der Waals surface area (Å²) >= 11 is 2.27. The van der Waals surface area contributed by atoms with Crippen LogP contribution in [0.15, 0.2) is 89.1 Å². The molecule has 4 aromatic rings. The van der Waals surface area contributed by atoms with Crippen LogP contribution < -0.4 is 10.1 Å². The molecule has 1 aromatic heterocycles. The fourth-order valence-corrected chi connectivity index (χ4v) is 5.12. The number of nitrogens with one attached hydrogen (secondary N) is 1. The molecule has 6 heteroatoms. The minimum atomic E-state index is -0.517. The largest absolute Gasteiger partial charge is 0.484 e. The monoisotopic (exact) mass is 618 g/mol. The highest BCUT2D eigenvalue weighted by atomic mass is 127. The van der Waals surface area contributed by atoms with Crippen molar-refractivity contribution < 1.29 is 13.9 Å². The predicted molar refractivity (Wildman–Crippen MR) is 160 cm³/mol. The van der Waals surface area contributed by atoms with Crippen LogP contribution in [-0.2, 0) is 6.42 Å². The highest BCUT2D eigenvalue weighted by Gasteiger charge is 2.33. The Morgan fingerprint density at radius 1 is 0.947 bits per heavy atom. The third-order valence-electron chi connectivity index (χ3n) is 6.79. The van der Waals surface area contributed by atoms with E-state index >= 15 is 0 Å². The number of Topliss-reactive ketones (excluding diaryl/α,β-unsaturated/α-hetero) is 1. The van der Waals surface area contributed by atoms with Crippen LogP contribution in [0.1, 0.15) is 66.8 Å². The van der Waals surface area contributed by atoms with E-state index in [-0.39, 0.29) is 5.78 Å². The molecule has 194 valence electrons. The molecule has 1 aliphatic heterocycles. The topological polar surface area (TPSA) is 64.4 Å². The van der Waals surface area contributed by atoms with Gasteiger partial charge in [0.2, 0.25) is 5.89 Å². The Kier molecular flexibility index (Phi) is 7.70. The molecule has 1 atom stereocenters.